The maximum absolute atomic E-state index is 13.1. The third kappa shape index (κ3) is 4.84. The molecule has 4 aromatic rings. The molecule has 2 aromatic carbocycles. The minimum absolute atomic E-state index is 0.104. The molecular weight excluding hydrogens is 392 g/mol. The Morgan fingerprint density at radius 2 is 1.77 bits per heavy atom. The molecule has 0 radical (unpaired) electrons. The number of carbonyl (C=O) groups excluding carboxylic acids is 1. The van der Waals surface area contributed by atoms with Gasteiger partial charge in [0.2, 0.25) is 11.7 Å². The summed E-state index contributed by atoms with van der Waals surface area (Å²) in [7, 11) is 1.60. The van der Waals surface area contributed by atoms with Gasteiger partial charge in [-0.25, -0.2) is 0 Å². The number of hydrogen-bond acceptors (Lipinski definition) is 6. The fourth-order valence-corrected chi connectivity index (χ4v) is 3.03. The van der Waals surface area contributed by atoms with E-state index in [-0.39, 0.29) is 12.5 Å². The predicted molar refractivity (Wildman–Crippen MR) is 117 cm³/mol. The third-order valence-corrected chi connectivity index (χ3v) is 4.57. The quantitative estimate of drug-likeness (QED) is 0.365. The van der Waals surface area contributed by atoms with E-state index in [2.05, 4.69) is 20.4 Å². The second-order valence-corrected chi connectivity index (χ2v) is 6.60. The number of hydrogen-bond donors (Lipinski definition) is 1. The summed E-state index contributed by atoms with van der Waals surface area (Å²) in [6.45, 7) is 0.104. The first kappa shape index (κ1) is 20.0. The molecular formula is C24H20N4O3. The molecule has 0 unspecified atom stereocenters. The van der Waals surface area contributed by atoms with Crippen LogP contribution in [0.25, 0.3) is 23.0 Å². The Hall–Kier alpha value is -4.26. The largest absolute Gasteiger partial charge is 0.496 e. The molecule has 2 heterocycles. The predicted octanol–water partition coefficient (Wildman–Crippen LogP) is 4.00. The molecule has 0 bridgehead atoms. The maximum atomic E-state index is 13.1. The summed E-state index contributed by atoms with van der Waals surface area (Å²) in [4.78, 5) is 21.4. The van der Waals surface area contributed by atoms with Crippen LogP contribution in [0.1, 0.15) is 17.0 Å². The van der Waals surface area contributed by atoms with Crippen molar-refractivity contribution in [3.8, 4) is 17.1 Å². The molecule has 0 saturated carbocycles. The lowest BCUT2D eigenvalue weighted by atomic mass is 10.0. The van der Waals surface area contributed by atoms with E-state index in [9.17, 15) is 4.79 Å². The van der Waals surface area contributed by atoms with Gasteiger partial charge in [-0.2, -0.15) is 4.98 Å². The van der Waals surface area contributed by atoms with Gasteiger partial charge in [0, 0.05) is 29.1 Å². The number of pyridine rings is 1. The normalized spacial score (nSPS) is 11.2. The third-order valence-electron chi connectivity index (χ3n) is 4.57. The minimum Gasteiger partial charge on any atom is -0.496 e. The van der Waals surface area contributed by atoms with E-state index in [1.54, 1.807) is 37.7 Å². The van der Waals surface area contributed by atoms with Gasteiger partial charge in [0.15, 0.2) is 0 Å². The molecule has 0 saturated heterocycles. The Bertz CT molecular complexity index is 1190. The Kier molecular flexibility index (Phi) is 6.13. The lowest BCUT2D eigenvalue weighted by Gasteiger charge is -2.10. The van der Waals surface area contributed by atoms with Crippen LogP contribution in [0.15, 0.2) is 83.6 Å². The van der Waals surface area contributed by atoms with E-state index in [4.69, 9.17) is 9.26 Å². The zero-order valence-electron chi connectivity index (χ0n) is 16.9. The molecule has 1 amide bonds. The first-order valence-corrected chi connectivity index (χ1v) is 9.66. The average Bonchev–Trinajstić information content (AvgIpc) is 3.31. The van der Waals surface area contributed by atoms with Crippen molar-refractivity contribution < 1.29 is 14.1 Å². The van der Waals surface area contributed by atoms with Gasteiger partial charge in [-0.1, -0.05) is 53.7 Å². The van der Waals surface area contributed by atoms with E-state index in [1.165, 1.54) is 0 Å². The van der Waals surface area contributed by atoms with Crippen LogP contribution in [0.2, 0.25) is 0 Å². The van der Waals surface area contributed by atoms with Gasteiger partial charge < -0.3 is 14.6 Å². The fraction of sp³-hybridized carbons (Fsp3) is 0.0833. The van der Waals surface area contributed by atoms with E-state index in [0.717, 1.165) is 16.7 Å². The van der Waals surface area contributed by atoms with Crippen molar-refractivity contribution in [3.05, 3.63) is 96.1 Å². The summed E-state index contributed by atoms with van der Waals surface area (Å²) in [5.41, 5.74) is 2.88. The Balaban J connectivity index is 1.56. The van der Waals surface area contributed by atoms with Crippen molar-refractivity contribution in [2.24, 2.45) is 0 Å². The monoisotopic (exact) mass is 412 g/mol. The fourth-order valence-electron chi connectivity index (χ4n) is 3.03. The number of carbonyl (C=O) groups is 1. The molecule has 0 aliphatic heterocycles. The standard InChI is InChI=1S/C24H20N4O3/c1-30-21-10-6-5-9-19(21)15-20(17-7-3-2-4-8-17)24(29)26-16-22-27-23(28-31-22)18-11-13-25-14-12-18/h2-15H,16H2,1H3,(H,26,29)/b20-15+. The van der Waals surface area contributed by atoms with Crippen LogP contribution in [-0.4, -0.2) is 28.1 Å². The zero-order valence-corrected chi connectivity index (χ0v) is 16.9. The summed E-state index contributed by atoms with van der Waals surface area (Å²) in [5, 5.41) is 6.82. The summed E-state index contributed by atoms with van der Waals surface area (Å²) in [6.07, 6.45) is 5.11. The first-order chi connectivity index (χ1) is 15.2. The Morgan fingerprint density at radius 3 is 2.55 bits per heavy atom. The highest BCUT2D eigenvalue weighted by molar-refractivity contribution is 6.24. The highest BCUT2D eigenvalue weighted by atomic mass is 16.5. The van der Waals surface area contributed by atoms with Crippen LogP contribution in [0.5, 0.6) is 5.75 Å². The Labute approximate surface area is 179 Å². The van der Waals surface area contributed by atoms with Gasteiger partial charge in [0.25, 0.3) is 5.91 Å². The molecule has 0 aliphatic carbocycles. The second kappa shape index (κ2) is 9.49. The molecule has 0 aliphatic rings. The number of aromatic nitrogens is 3. The van der Waals surface area contributed by atoms with Crippen molar-refractivity contribution in [2.45, 2.75) is 6.54 Å². The molecule has 7 nitrogen and oxygen atoms in total. The summed E-state index contributed by atoms with van der Waals surface area (Å²) in [5.74, 6) is 1.17. The lowest BCUT2D eigenvalue weighted by molar-refractivity contribution is -0.115. The molecule has 1 N–H and O–H groups in total. The van der Waals surface area contributed by atoms with Crippen LogP contribution in [0, 0.1) is 0 Å². The SMILES string of the molecule is COc1ccccc1/C=C(/C(=O)NCc1nc(-c2ccncc2)no1)c1ccccc1. The molecule has 7 heteroatoms. The van der Waals surface area contributed by atoms with Crippen molar-refractivity contribution >= 4 is 17.6 Å². The Morgan fingerprint density at radius 1 is 1.03 bits per heavy atom. The topological polar surface area (TPSA) is 90.1 Å². The van der Waals surface area contributed by atoms with Gasteiger partial charge in [-0.15, -0.1) is 0 Å². The summed E-state index contributed by atoms with van der Waals surface area (Å²) < 4.78 is 10.7. The van der Waals surface area contributed by atoms with Gasteiger partial charge >= 0.3 is 0 Å². The summed E-state index contributed by atoms with van der Waals surface area (Å²) in [6, 6.07) is 20.6. The number of nitrogens with one attached hydrogen (secondary N) is 1. The van der Waals surface area contributed by atoms with E-state index in [0.29, 0.717) is 23.0 Å². The number of benzene rings is 2. The molecule has 154 valence electrons. The van der Waals surface area contributed by atoms with Crippen molar-refractivity contribution in [3.63, 3.8) is 0 Å². The molecule has 0 atom stereocenters. The molecule has 4 rings (SSSR count). The van der Waals surface area contributed by atoms with E-state index < -0.39 is 0 Å². The number of methoxy groups -OCH3 is 1. The second-order valence-electron chi connectivity index (χ2n) is 6.60. The average molecular weight is 412 g/mol. The maximum Gasteiger partial charge on any atom is 0.252 e. The zero-order chi connectivity index (χ0) is 21.5. The van der Waals surface area contributed by atoms with E-state index in [1.807, 2.05) is 54.6 Å². The number of nitrogens with zero attached hydrogens (tertiary/aromatic N) is 3. The van der Waals surface area contributed by atoms with Crippen LogP contribution in [-0.2, 0) is 11.3 Å². The first-order valence-electron chi connectivity index (χ1n) is 9.66. The molecule has 31 heavy (non-hydrogen) atoms. The number of ether oxygens (including phenoxy) is 1. The van der Waals surface area contributed by atoms with Gasteiger partial charge in [-0.05, 0) is 29.8 Å². The lowest BCUT2D eigenvalue weighted by Crippen LogP contribution is -2.24. The van der Waals surface area contributed by atoms with Crippen LogP contribution >= 0.6 is 0 Å². The summed E-state index contributed by atoms with van der Waals surface area (Å²) >= 11 is 0. The van der Waals surface area contributed by atoms with E-state index >= 15 is 0 Å². The van der Waals surface area contributed by atoms with Crippen LogP contribution < -0.4 is 10.1 Å². The molecule has 0 spiro atoms. The number of rotatable bonds is 7. The number of amides is 1. The minimum atomic E-state index is -0.263. The number of para-hydroxylation sites is 1. The highest BCUT2D eigenvalue weighted by Gasteiger charge is 2.15. The smallest absolute Gasteiger partial charge is 0.252 e. The molecule has 0 fully saturated rings. The van der Waals surface area contributed by atoms with Gasteiger partial charge in [0.05, 0.1) is 13.7 Å². The molecule has 2 aromatic heterocycles. The highest BCUT2D eigenvalue weighted by Crippen LogP contribution is 2.25. The van der Waals surface area contributed by atoms with Gasteiger partial charge in [-0.3, -0.25) is 9.78 Å². The van der Waals surface area contributed by atoms with Crippen molar-refractivity contribution in [2.75, 3.05) is 7.11 Å². The van der Waals surface area contributed by atoms with Gasteiger partial charge in [0.1, 0.15) is 5.75 Å². The van der Waals surface area contributed by atoms with Crippen LogP contribution in [0.3, 0.4) is 0 Å². The van der Waals surface area contributed by atoms with Crippen LogP contribution in [0.4, 0.5) is 0 Å². The van der Waals surface area contributed by atoms with Crippen molar-refractivity contribution in [1.29, 1.82) is 0 Å². The van der Waals surface area contributed by atoms with Crippen molar-refractivity contribution in [1.82, 2.24) is 20.4 Å².